The van der Waals surface area contributed by atoms with Crippen LogP contribution in [0.4, 0.5) is 0 Å². The van der Waals surface area contributed by atoms with Crippen LogP contribution in [0.5, 0.6) is 11.5 Å². The van der Waals surface area contributed by atoms with E-state index in [1.165, 1.54) is 14.2 Å². The van der Waals surface area contributed by atoms with Crippen LogP contribution < -0.4 is 9.47 Å². The SMILES string of the molecule is COc1ccc(C(=O)C(O)(CO)c2ccc(OC)cc2)cc1. The van der Waals surface area contributed by atoms with Crippen molar-refractivity contribution < 1.29 is 24.5 Å². The number of aliphatic hydroxyl groups is 2. The number of aliphatic hydroxyl groups excluding tert-OH is 1. The van der Waals surface area contributed by atoms with E-state index in [9.17, 15) is 15.0 Å². The number of hydrogen-bond acceptors (Lipinski definition) is 5. The van der Waals surface area contributed by atoms with E-state index in [-0.39, 0.29) is 5.56 Å². The second-order valence-corrected chi connectivity index (χ2v) is 4.80. The summed E-state index contributed by atoms with van der Waals surface area (Å²) in [6.45, 7) is -0.718. The Morgan fingerprint density at radius 1 is 0.955 bits per heavy atom. The van der Waals surface area contributed by atoms with E-state index in [0.717, 1.165) is 0 Å². The Kier molecular flexibility index (Phi) is 4.80. The minimum absolute atomic E-state index is 0.285. The van der Waals surface area contributed by atoms with Gasteiger partial charge in [-0.15, -0.1) is 0 Å². The molecule has 2 rings (SSSR count). The molecule has 0 aliphatic heterocycles. The number of rotatable bonds is 6. The van der Waals surface area contributed by atoms with Crippen LogP contribution in [0.1, 0.15) is 15.9 Å². The molecule has 0 radical (unpaired) electrons. The van der Waals surface area contributed by atoms with Crippen LogP contribution in [-0.4, -0.2) is 36.8 Å². The van der Waals surface area contributed by atoms with Crippen LogP contribution in [0, 0.1) is 0 Å². The van der Waals surface area contributed by atoms with Gasteiger partial charge in [-0.05, 0) is 42.0 Å². The molecule has 5 nitrogen and oxygen atoms in total. The molecule has 1 atom stereocenters. The molecule has 2 aromatic carbocycles. The molecule has 0 spiro atoms. The van der Waals surface area contributed by atoms with Crippen LogP contribution in [0.3, 0.4) is 0 Å². The Morgan fingerprint density at radius 3 is 1.82 bits per heavy atom. The fraction of sp³-hybridized carbons (Fsp3) is 0.235. The summed E-state index contributed by atoms with van der Waals surface area (Å²) in [4.78, 5) is 12.6. The molecular formula is C17H18O5. The van der Waals surface area contributed by atoms with Gasteiger partial charge in [-0.3, -0.25) is 4.79 Å². The van der Waals surface area contributed by atoms with Gasteiger partial charge in [0.05, 0.1) is 20.8 Å². The van der Waals surface area contributed by atoms with Crippen LogP contribution in [0.25, 0.3) is 0 Å². The second-order valence-electron chi connectivity index (χ2n) is 4.80. The van der Waals surface area contributed by atoms with Gasteiger partial charge in [0, 0.05) is 5.56 Å². The number of hydrogen-bond donors (Lipinski definition) is 2. The zero-order valence-electron chi connectivity index (χ0n) is 12.4. The maximum Gasteiger partial charge on any atom is 0.201 e. The van der Waals surface area contributed by atoms with Crippen molar-refractivity contribution >= 4 is 5.78 Å². The van der Waals surface area contributed by atoms with Crippen molar-refractivity contribution in [1.82, 2.24) is 0 Å². The van der Waals surface area contributed by atoms with Crippen molar-refractivity contribution in [2.45, 2.75) is 5.60 Å². The lowest BCUT2D eigenvalue weighted by molar-refractivity contribution is -0.00402. The van der Waals surface area contributed by atoms with Gasteiger partial charge in [-0.25, -0.2) is 0 Å². The normalized spacial score (nSPS) is 13.3. The van der Waals surface area contributed by atoms with E-state index in [4.69, 9.17) is 9.47 Å². The molecule has 2 aromatic rings. The lowest BCUT2D eigenvalue weighted by Crippen LogP contribution is -2.39. The number of carbonyl (C=O) groups is 1. The summed E-state index contributed by atoms with van der Waals surface area (Å²) in [7, 11) is 3.05. The maximum absolute atomic E-state index is 12.6. The Labute approximate surface area is 128 Å². The molecule has 22 heavy (non-hydrogen) atoms. The van der Waals surface area contributed by atoms with E-state index >= 15 is 0 Å². The number of Topliss-reactive ketones (excluding diaryl/α,β-unsaturated/α-hetero) is 1. The first-order valence-corrected chi connectivity index (χ1v) is 6.71. The summed E-state index contributed by atoms with van der Waals surface area (Å²) in [5.41, 5.74) is -1.41. The molecule has 0 saturated heterocycles. The van der Waals surface area contributed by atoms with Crippen molar-refractivity contribution in [3.63, 3.8) is 0 Å². The lowest BCUT2D eigenvalue weighted by atomic mass is 9.86. The molecule has 0 saturated carbocycles. The monoisotopic (exact) mass is 302 g/mol. The Balaban J connectivity index is 2.36. The van der Waals surface area contributed by atoms with Gasteiger partial charge in [0.2, 0.25) is 5.78 Å². The lowest BCUT2D eigenvalue weighted by Gasteiger charge is -2.25. The predicted molar refractivity (Wildman–Crippen MR) is 81.3 cm³/mol. The Bertz CT molecular complexity index is 633. The molecular weight excluding hydrogens is 284 g/mol. The summed E-state index contributed by atoms with van der Waals surface area (Å²) in [6, 6.07) is 12.7. The number of benzene rings is 2. The molecule has 0 aromatic heterocycles. The average molecular weight is 302 g/mol. The minimum atomic E-state index is -2.00. The van der Waals surface area contributed by atoms with E-state index in [2.05, 4.69) is 0 Å². The van der Waals surface area contributed by atoms with Crippen molar-refractivity contribution in [2.24, 2.45) is 0 Å². The predicted octanol–water partition coefficient (Wildman–Crippen LogP) is 1.77. The van der Waals surface area contributed by atoms with Crippen molar-refractivity contribution in [1.29, 1.82) is 0 Å². The highest BCUT2D eigenvalue weighted by Crippen LogP contribution is 2.28. The summed E-state index contributed by atoms with van der Waals surface area (Å²) in [5.74, 6) is 0.622. The summed E-state index contributed by atoms with van der Waals surface area (Å²) in [5, 5.41) is 20.2. The Morgan fingerprint density at radius 2 is 1.41 bits per heavy atom. The summed E-state index contributed by atoms with van der Waals surface area (Å²) >= 11 is 0. The van der Waals surface area contributed by atoms with Gasteiger partial charge >= 0.3 is 0 Å². The fourth-order valence-corrected chi connectivity index (χ4v) is 2.14. The highest BCUT2D eigenvalue weighted by Gasteiger charge is 2.37. The molecule has 0 aliphatic carbocycles. The first-order chi connectivity index (χ1) is 10.5. The van der Waals surface area contributed by atoms with Crippen LogP contribution in [0.15, 0.2) is 48.5 Å². The summed E-state index contributed by atoms with van der Waals surface area (Å²) < 4.78 is 10.1. The van der Waals surface area contributed by atoms with Crippen molar-refractivity contribution in [2.75, 3.05) is 20.8 Å². The van der Waals surface area contributed by atoms with Gasteiger partial charge in [0.25, 0.3) is 0 Å². The van der Waals surface area contributed by atoms with E-state index < -0.39 is 18.0 Å². The molecule has 0 aliphatic rings. The van der Waals surface area contributed by atoms with Gasteiger partial charge in [-0.2, -0.15) is 0 Å². The second kappa shape index (κ2) is 6.60. The molecule has 0 heterocycles. The first-order valence-electron chi connectivity index (χ1n) is 6.71. The third-order valence-electron chi connectivity index (χ3n) is 3.52. The number of carbonyl (C=O) groups excluding carboxylic acids is 1. The third-order valence-corrected chi connectivity index (χ3v) is 3.52. The van der Waals surface area contributed by atoms with Crippen molar-refractivity contribution in [3.05, 3.63) is 59.7 Å². The van der Waals surface area contributed by atoms with Gasteiger partial charge in [0.1, 0.15) is 11.5 Å². The summed E-state index contributed by atoms with van der Waals surface area (Å²) in [6.07, 6.45) is 0. The average Bonchev–Trinajstić information content (AvgIpc) is 2.60. The zero-order valence-corrected chi connectivity index (χ0v) is 12.4. The molecule has 0 bridgehead atoms. The van der Waals surface area contributed by atoms with E-state index in [1.54, 1.807) is 48.5 Å². The first kappa shape index (κ1) is 16.0. The third kappa shape index (κ3) is 2.95. The van der Waals surface area contributed by atoms with Gasteiger partial charge in [-0.1, -0.05) is 12.1 Å². The number of ether oxygens (including phenoxy) is 2. The quantitative estimate of drug-likeness (QED) is 0.795. The smallest absolute Gasteiger partial charge is 0.201 e. The van der Waals surface area contributed by atoms with Gasteiger partial charge < -0.3 is 19.7 Å². The maximum atomic E-state index is 12.6. The molecule has 0 amide bonds. The molecule has 5 heteroatoms. The fourth-order valence-electron chi connectivity index (χ4n) is 2.14. The molecule has 0 fully saturated rings. The van der Waals surface area contributed by atoms with E-state index in [1.807, 2.05) is 0 Å². The highest BCUT2D eigenvalue weighted by atomic mass is 16.5. The Hall–Kier alpha value is -2.37. The standard InChI is InChI=1S/C17H18O5/c1-21-14-7-3-12(4-8-14)16(19)17(20,11-18)13-5-9-15(22-2)10-6-13/h3-10,18,20H,11H2,1-2H3. The highest BCUT2D eigenvalue weighted by molar-refractivity contribution is 6.03. The molecule has 116 valence electrons. The van der Waals surface area contributed by atoms with Crippen molar-refractivity contribution in [3.8, 4) is 11.5 Å². The number of ketones is 1. The van der Waals surface area contributed by atoms with Crippen LogP contribution >= 0.6 is 0 Å². The molecule has 1 unspecified atom stereocenters. The number of methoxy groups -OCH3 is 2. The minimum Gasteiger partial charge on any atom is -0.497 e. The largest absolute Gasteiger partial charge is 0.497 e. The van der Waals surface area contributed by atoms with Crippen LogP contribution in [-0.2, 0) is 5.60 Å². The van der Waals surface area contributed by atoms with E-state index in [0.29, 0.717) is 17.1 Å². The zero-order chi connectivity index (χ0) is 16.2. The topological polar surface area (TPSA) is 76.0 Å². The van der Waals surface area contributed by atoms with Crippen LogP contribution in [0.2, 0.25) is 0 Å². The molecule has 2 N–H and O–H groups in total. The van der Waals surface area contributed by atoms with Gasteiger partial charge in [0.15, 0.2) is 5.60 Å².